The highest BCUT2D eigenvalue weighted by Gasteiger charge is 2.37. The number of aromatic amines is 1. The van der Waals surface area contributed by atoms with E-state index in [-0.39, 0.29) is 23.9 Å². The van der Waals surface area contributed by atoms with Crippen molar-refractivity contribution in [1.82, 2.24) is 10.2 Å². The number of hydrogen-bond donors (Lipinski definition) is 1. The van der Waals surface area contributed by atoms with Gasteiger partial charge in [0.2, 0.25) is 0 Å². The van der Waals surface area contributed by atoms with E-state index in [2.05, 4.69) is 10.2 Å². The molecular weight excluding hydrogens is 342 g/mol. The molecule has 0 spiro atoms. The van der Waals surface area contributed by atoms with Crippen molar-refractivity contribution >= 4 is 5.97 Å². The molecule has 0 saturated heterocycles. The van der Waals surface area contributed by atoms with Gasteiger partial charge < -0.3 is 4.74 Å². The van der Waals surface area contributed by atoms with E-state index < -0.39 is 35.0 Å². The lowest BCUT2D eigenvalue weighted by Crippen LogP contribution is -2.11. The second-order valence-corrected chi connectivity index (χ2v) is 4.67. The summed E-state index contributed by atoms with van der Waals surface area (Å²) in [4.78, 5) is 11.7. The fourth-order valence-electron chi connectivity index (χ4n) is 1.97. The Bertz CT molecular complexity index is 716. The first kappa shape index (κ1) is 17.8. The largest absolute Gasteiger partial charge is 0.462 e. The fraction of sp³-hybridized carbons (Fsp3) is 0.286. The summed E-state index contributed by atoms with van der Waals surface area (Å²) in [6.45, 7) is 1.49. The van der Waals surface area contributed by atoms with Crippen LogP contribution in [-0.2, 0) is 17.1 Å². The van der Waals surface area contributed by atoms with Gasteiger partial charge in [0.15, 0.2) is 0 Å². The molecule has 0 saturated carbocycles. The number of H-pyrrole nitrogens is 1. The Kier molecular flexibility index (Phi) is 4.59. The van der Waals surface area contributed by atoms with Crippen LogP contribution in [0.1, 0.15) is 28.4 Å². The highest BCUT2D eigenvalue weighted by Crippen LogP contribution is 2.38. The van der Waals surface area contributed by atoms with Crippen LogP contribution in [0.25, 0.3) is 11.3 Å². The summed E-state index contributed by atoms with van der Waals surface area (Å²) < 4.78 is 81.9. The van der Waals surface area contributed by atoms with E-state index >= 15 is 0 Å². The first-order valence-electron chi connectivity index (χ1n) is 6.54. The highest BCUT2D eigenvalue weighted by atomic mass is 19.4. The minimum Gasteiger partial charge on any atom is -0.462 e. The number of rotatable bonds is 3. The number of halogens is 6. The van der Waals surface area contributed by atoms with Crippen LogP contribution < -0.4 is 0 Å². The van der Waals surface area contributed by atoms with Crippen LogP contribution >= 0.6 is 0 Å². The van der Waals surface area contributed by atoms with Crippen LogP contribution in [0.2, 0.25) is 0 Å². The molecule has 0 atom stereocenters. The van der Waals surface area contributed by atoms with Gasteiger partial charge >= 0.3 is 18.3 Å². The average molecular weight is 352 g/mol. The third-order valence-electron chi connectivity index (χ3n) is 3.01. The van der Waals surface area contributed by atoms with E-state index in [0.717, 1.165) is 6.20 Å². The quantitative estimate of drug-likeness (QED) is 0.662. The van der Waals surface area contributed by atoms with Gasteiger partial charge in [0, 0.05) is 5.56 Å². The smallest absolute Gasteiger partial charge is 0.416 e. The number of ether oxygens (including phenoxy) is 1. The summed E-state index contributed by atoms with van der Waals surface area (Å²) in [5.74, 6) is -0.910. The zero-order valence-electron chi connectivity index (χ0n) is 12.0. The molecule has 1 aromatic heterocycles. The van der Waals surface area contributed by atoms with E-state index in [4.69, 9.17) is 4.74 Å². The maximum atomic E-state index is 12.9. The molecule has 10 heteroatoms. The predicted molar refractivity (Wildman–Crippen MR) is 70.0 cm³/mol. The van der Waals surface area contributed by atoms with E-state index in [1.54, 1.807) is 0 Å². The van der Waals surface area contributed by atoms with Gasteiger partial charge in [0.1, 0.15) is 5.56 Å². The highest BCUT2D eigenvalue weighted by molar-refractivity contribution is 5.96. The number of carbonyl (C=O) groups excluding carboxylic acids is 1. The van der Waals surface area contributed by atoms with Gasteiger partial charge in [-0.1, -0.05) is 0 Å². The Morgan fingerprint density at radius 1 is 1.08 bits per heavy atom. The summed E-state index contributed by atoms with van der Waals surface area (Å²) in [6, 6.07) is 1.01. The van der Waals surface area contributed by atoms with Crippen LogP contribution in [0.4, 0.5) is 26.3 Å². The zero-order chi connectivity index (χ0) is 18.1. The molecular formula is C14H10F6N2O2. The molecule has 0 aliphatic heterocycles. The number of benzene rings is 1. The normalized spacial score (nSPS) is 12.3. The minimum atomic E-state index is -4.99. The van der Waals surface area contributed by atoms with Crippen molar-refractivity contribution in [2.75, 3.05) is 6.61 Å². The van der Waals surface area contributed by atoms with Crippen molar-refractivity contribution in [2.24, 2.45) is 0 Å². The number of esters is 1. The number of aromatic nitrogens is 2. The minimum absolute atomic E-state index is 0.00388. The summed E-state index contributed by atoms with van der Waals surface area (Å²) in [5.41, 5.74) is -4.00. The molecule has 0 aliphatic carbocycles. The molecule has 1 aromatic carbocycles. The predicted octanol–water partition coefficient (Wildman–Crippen LogP) is 4.29. The lowest BCUT2D eigenvalue weighted by molar-refractivity contribution is -0.143. The van der Waals surface area contributed by atoms with Crippen LogP contribution in [0.15, 0.2) is 24.4 Å². The maximum Gasteiger partial charge on any atom is 0.416 e. The Labute approximate surface area is 131 Å². The van der Waals surface area contributed by atoms with Gasteiger partial charge in [-0.2, -0.15) is 31.4 Å². The molecule has 0 fully saturated rings. The number of hydrogen-bond acceptors (Lipinski definition) is 3. The first-order chi connectivity index (χ1) is 11.0. The zero-order valence-corrected chi connectivity index (χ0v) is 12.0. The van der Waals surface area contributed by atoms with Gasteiger partial charge in [-0.25, -0.2) is 4.79 Å². The SMILES string of the molecule is CCOC(=O)c1cn[nH]c1-c1cc(C(F)(F)F)cc(C(F)(F)F)c1. The van der Waals surface area contributed by atoms with E-state index in [1.807, 2.05) is 0 Å². The standard InChI is InChI=1S/C14H10F6N2O2/c1-2-24-12(23)10-6-21-22-11(10)7-3-8(13(15,16)17)5-9(4-7)14(18,19)20/h3-6H,2H2,1H3,(H,21,22). The molecule has 0 amide bonds. The Morgan fingerprint density at radius 2 is 1.62 bits per heavy atom. The van der Waals surface area contributed by atoms with Gasteiger partial charge in [-0.15, -0.1) is 0 Å². The van der Waals surface area contributed by atoms with Crippen LogP contribution in [0.5, 0.6) is 0 Å². The fourth-order valence-corrected chi connectivity index (χ4v) is 1.97. The van der Waals surface area contributed by atoms with Crippen LogP contribution in [-0.4, -0.2) is 22.8 Å². The molecule has 130 valence electrons. The second-order valence-electron chi connectivity index (χ2n) is 4.67. The van der Waals surface area contributed by atoms with Gasteiger partial charge in [0.25, 0.3) is 0 Å². The molecule has 0 unspecified atom stereocenters. The molecule has 24 heavy (non-hydrogen) atoms. The van der Waals surface area contributed by atoms with Crippen molar-refractivity contribution in [2.45, 2.75) is 19.3 Å². The van der Waals surface area contributed by atoms with Crippen molar-refractivity contribution in [1.29, 1.82) is 0 Å². The molecule has 0 bridgehead atoms. The Morgan fingerprint density at radius 3 is 2.08 bits per heavy atom. The maximum absolute atomic E-state index is 12.9. The van der Waals surface area contributed by atoms with Crippen LogP contribution in [0, 0.1) is 0 Å². The number of alkyl halides is 6. The number of carbonyl (C=O) groups is 1. The second kappa shape index (κ2) is 6.17. The van der Waals surface area contributed by atoms with Crippen molar-refractivity contribution in [3.63, 3.8) is 0 Å². The number of nitrogens with zero attached hydrogens (tertiary/aromatic N) is 1. The molecule has 1 heterocycles. The lowest BCUT2D eigenvalue weighted by atomic mass is 10.0. The average Bonchev–Trinajstić information content (AvgIpc) is 2.94. The van der Waals surface area contributed by atoms with E-state index in [0.29, 0.717) is 12.1 Å². The third kappa shape index (κ3) is 3.69. The van der Waals surface area contributed by atoms with Gasteiger partial charge in [-0.05, 0) is 25.1 Å². The monoisotopic (exact) mass is 352 g/mol. The summed E-state index contributed by atoms with van der Waals surface area (Å²) in [5, 5.41) is 5.73. The molecule has 4 nitrogen and oxygen atoms in total. The topological polar surface area (TPSA) is 55.0 Å². The summed E-state index contributed by atoms with van der Waals surface area (Å²) in [6.07, 6.45) is -9.00. The van der Waals surface area contributed by atoms with Gasteiger partial charge in [-0.3, -0.25) is 5.10 Å². The van der Waals surface area contributed by atoms with Crippen molar-refractivity contribution < 1.29 is 35.9 Å². The molecule has 2 aromatic rings. The van der Waals surface area contributed by atoms with E-state index in [1.165, 1.54) is 6.92 Å². The van der Waals surface area contributed by atoms with Crippen molar-refractivity contribution in [3.8, 4) is 11.3 Å². The Hall–Kier alpha value is -2.52. The van der Waals surface area contributed by atoms with Crippen LogP contribution in [0.3, 0.4) is 0 Å². The van der Waals surface area contributed by atoms with E-state index in [9.17, 15) is 31.1 Å². The van der Waals surface area contributed by atoms with Crippen molar-refractivity contribution in [3.05, 3.63) is 41.1 Å². The number of nitrogens with one attached hydrogen (secondary N) is 1. The molecule has 2 rings (SSSR count). The molecule has 0 aliphatic rings. The first-order valence-corrected chi connectivity index (χ1v) is 6.54. The lowest BCUT2D eigenvalue weighted by Gasteiger charge is -2.14. The molecule has 1 N–H and O–H groups in total. The third-order valence-corrected chi connectivity index (χ3v) is 3.01. The van der Waals surface area contributed by atoms with Gasteiger partial charge in [0.05, 0.1) is 29.6 Å². The Balaban J connectivity index is 2.63. The summed E-state index contributed by atoms with van der Waals surface area (Å²) >= 11 is 0. The molecule has 0 radical (unpaired) electrons. The summed E-state index contributed by atoms with van der Waals surface area (Å²) in [7, 11) is 0.